The van der Waals surface area contributed by atoms with Crippen LogP contribution in [0.1, 0.15) is 45.2 Å². The molecule has 2 unspecified atom stereocenters. The van der Waals surface area contributed by atoms with Crippen molar-refractivity contribution in [2.75, 3.05) is 11.9 Å². The molecule has 0 saturated heterocycles. The summed E-state index contributed by atoms with van der Waals surface area (Å²) < 4.78 is 0. The van der Waals surface area contributed by atoms with Gasteiger partial charge in [0.05, 0.1) is 18.1 Å². The predicted octanol–water partition coefficient (Wildman–Crippen LogP) is 3.72. The molecule has 2 atom stereocenters. The van der Waals surface area contributed by atoms with Crippen LogP contribution in [-0.4, -0.2) is 21.8 Å². The third-order valence-corrected chi connectivity index (χ3v) is 4.78. The molecule has 0 spiro atoms. The number of aromatic nitrogens is 2. The summed E-state index contributed by atoms with van der Waals surface area (Å²) in [5, 5.41) is 3.99. The van der Waals surface area contributed by atoms with E-state index < -0.39 is 0 Å². The molecule has 1 heterocycles. The van der Waals surface area contributed by atoms with Crippen LogP contribution in [0.2, 0.25) is 0 Å². The smallest absolute Gasteiger partial charge is 0.144 e. The van der Waals surface area contributed by atoms with Gasteiger partial charge >= 0.3 is 0 Å². The van der Waals surface area contributed by atoms with E-state index in [4.69, 9.17) is 0 Å². The molecule has 1 fully saturated rings. The first-order valence-corrected chi connectivity index (χ1v) is 7.99. The maximum atomic E-state index is 4.45. The van der Waals surface area contributed by atoms with Gasteiger partial charge in [-0.25, -0.2) is 4.98 Å². The summed E-state index contributed by atoms with van der Waals surface area (Å²) in [6.45, 7) is 5.33. The molecule has 1 saturated carbocycles. The van der Waals surface area contributed by atoms with Crippen LogP contribution < -0.4 is 5.32 Å². The Labute approximate surface area is 114 Å². The molecule has 1 N–H and O–H groups in total. The molecule has 2 rings (SSSR count). The molecule has 0 aromatic carbocycles. The predicted molar refractivity (Wildman–Crippen MR) is 78.9 cm³/mol. The van der Waals surface area contributed by atoms with Crippen LogP contribution >= 0.6 is 11.8 Å². The number of thioether (sulfide) groups is 1. The molecule has 1 aliphatic carbocycles. The fourth-order valence-electron chi connectivity index (χ4n) is 2.43. The van der Waals surface area contributed by atoms with E-state index in [9.17, 15) is 0 Å². The number of hydrogen-bond acceptors (Lipinski definition) is 4. The fourth-order valence-corrected chi connectivity index (χ4v) is 3.79. The number of nitrogens with one attached hydrogen (secondary N) is 1. The highest BCUT2D eigenvalue weighted by molar-refractivity contribution is 7.99. The fraction of sp³-hybridized carbons (Fsp3) is 0.714. The molecule has 1 aromatic rings. The van der Waals surface area contributed by atoms with Crippen molar-refractivity contribution in [2.45, 2.75) is 50.5 Å². The van der Waals surface area contributed by atoms with Crippen LogP contribution in [0, 0.1) is 5.92 Å². The Morgan fingerprint density at radius 1 is 1.33 bits per heavy atom. The van der Waals surface area contributed by atoms with Crippen molar-refractivity contribution in [1.82, 2.24) is 9.97 Å². The van der Waals surface area contributed by atoms with E-state index in [1.807, 2.05) is 12.4 Å². The van der Waals surface area contributed by atoms with Crippen LogP contribution in [0.25, 0.3) is 0 Å². The van der Waals surface area contributed by atoms with Gasteiger partial charge in [0.2, 0.25) is 0 Å². The van der Waals surface area contributed by atoms with E-state index in [1.54, 1.807) is 0 Å². The lowest BCUT2D eigenvalue weighted by atomic mass is 9.91. The lowest BCUT2D eigenvalue weighted by molar-refractivity contribution is 0.394. The topological polar surface area (TPSA) is 37.8 Å². The summed E-state index contributed by atoms with van der Waals surface area (Å²) in [5.74, 6) is 2.77. The lowest BCUT2D eigenvalue weighted by Gasteiger charge is -2.26. The molecular weight excluding hydrogens is 242 g/mol. The second-order valence-corrected chi connectivity index (χ2v) is 6.42. The summed E-state index contributed by atoms with van der Waals surface area (Å²) in [7, 11) is 0. The highest BCUT2D eigenvalue weighted by Gasteiger charge is 2.19. The van der Waals surface area contributed by atoms with E-state index in [1.165, 1.54) is 25.7 Å². The van der Waals surface area contributed by atoms with Gasteiger partial charge in [0.25, 0.3) is 0 Å². The molecule has 1 aliphatic rings. The van der Waals surface area contributed by atoms with Crippen molar-refractivity contribution in [3.63, 3.8) is 0 Å². The number of nitrogens with zero attached hydrogens (tertiary/aromatic N) is 2. The Morgan fingerprint density at radius 2 is 2.22 bits per heavy atom. The Hall–Kier alpha value is -0.770. The molecule has 0 bridgehead atoms. The van der Waals surface area contributed by atoms with Crippen molar-refractivity contribution in [3.05, 3.63) is 18.1 Å². The summed E-state index contributed by atoms with van der Waals surface area (Å²) >= 11 is 2.05. The number of anilines is 1. The molecule has 1 aromatic heterocycles. The van der Waals surface area contributed by atoms with Crippen LogP contribution in [0.4, 0.5) is 5.82 Å². The average molecular weight is 265 g/mol. The third kappa shape index (κ3) is 4.16. The number of rotatable bonds is 5. The molecule has 3 nitrogen and oxygen atoms in total. The molecule has 18 heavy (non-hydrogen) atoms. The lowest BCUT2D eigenvalue weighted by Crippen LogP contribution is -2.15. The molecule has 100 valence electrons. The normalized spacial score (nSPS) is 23.9. The van der Waals surface area contributed by atoms with Gasteiger partial charge in [-0.1, -0.05) is 19.8 Å². The Balaban J connectivity index is 1.78. The second-order valence-electron chi connectivity index (χ2n) is 5.13. The minimum Gasteiger partial charge on any atom is -0.369 e. The van der Waals surface area contributed by atoms with Gasteiger partial charge in [-0.3, -0.25) is 4.98 Å². The van der Waals surface area contributed by atoms with Crippen molar-refractivity contribution in [1.29, 1.82) is 0 Å². The van der Waals surface area contributed by atoms with Gasteiger partial charge in [-0.2, -0.15) is 11.8 Å². The van der Waals surface area contributed by atoms with Crippen LogP contribution in [0.5, 0.6) is 0 Å². The summed E-state index contributed by atoms with van der Waals surface area (Å²) in [6, 6.07) is 0. The summed E-state index contributed by atoms with van der Waals surface area (Å²) in [5.41, 5.74) is 1.10. The van der Waals surface area contributed by atoms with Crippen LogP contribution in [0.15, 0.2) is 12.4 Å². The monoisotopic (exact) mass is 265 g/mol. The Kier molecular flexibility index (Phi) is 5.29. The first-order valence-electron chi connectivity index (χ1n) is 6.94. The zero-order chi connectivity index (χ0) is 12.8. The Bertz CT molecular complexity index is 353. The van der Waals surface area contributed by atoms with Crippen LogP contribution in [-0.2, 0) is 5.75 Å². The molecule has 0 radical (unpaired) electrons. The van der Waals surface area contributed by atoms with E-state index in [0.29, 0.717) is 0 Å². The maximum Gasteiger partial charge on any atom is 0.144 e. The van der Waals surface area contributed by atoms with E-state index in [0.717, 1.165) is 35.0 Å². The van der Waals surface area contributed by atoms with Gasteiger partial charge in [-0.05, 0) is 25.7 Å². The van der Waals surface area contributed by atoms with Crippen molar-refractivity contribution in [3.8, 4) is 0 Å². The molecular formula is C14H23N3S. The van der Waals surface area contributed by atoms with E-state index in [2.05, 4.69) is 40.9 Å². The van der Waals surface area contributed by atoms with Crippen molar-refractivity contribution in [2.24, 2.45) is 5.92 Å². The van der Waals surface area contributed by atoms with Crippen molar-refractivity contribution >= 4 is 17.6 Å². The summed E-state index contributed by atoms with van der Waals surface area (Å²) in [4.78, 5) is 8.82. The van der Waals surface area contributed by atoms with E-state index >= 15 is 0 Å². The van der Waals surface area contributed by atoms with E-state index in [-0.39, 0.29) is 0 Å². The summed E-state index contributed by atoms with van der Waals surface area (Å²) in [6.07, 6.45) is 9.28. The third-order valence-electron chi connectivity index (χ3n) is 3.42. The molecule has 0 aliphatic heterocycles. The second kappa shape index (κ2) is 6.98. The minimum absolute atomic E-state index is 0.823. The van der Waals surface area contributed by atoms with Gasteiger partial charge in [0.1, 0.15) is 5.82 Å². The maximum absolute atomic E-state index is 4.45. The largest absolute Gasteiger partial charge is 0.369 e. The van der Waals surface area contributed by atoms with Crippen LogP contribution in [0.3, 0.4) is 0 Å². The number of hydrogen-bond donors (Lipinski definition) is 1. The quantitative estimate of drug-likeness (QED) is 0.880. The van der Waals surface area contributed by atoms with Gasteiger partial charge in [0.15, 0.2) is 0 Å². The first-order chi connectivity index (χ1) is 8.78. The highest BCUT2D eigenvalue weighted by Crippen LogP contribution is 2.33. The first kappa shape index (κ1) is 13.7. The SMILES string of the molecule is CCNc1cnc(CSC2CCCC(C)C2)cn1. The Morgan fingerprint density at radius 3 is 2.89 bits per heavy atom. The van der Waals surface area contributed by atoms with Gasteiger partial charge < -0.3 is 5.32 Å². The average Bonchev–Trinajstić information content (AvgIpc) is 2.38. The van der Waals surface area contributed by atoms with Gasteiger partial charge in [-0.15, -0.1) is 0 Å². The molecule has 0 amide bonds. The van der Waals surface area contributed by atoms with Crippen molar-refractivity contribution < 1.29 is 0 Å². The minimum atomic E-state index is 0.823. The zero-order valence-electron chi connectivity index (χ0n) is 11.4. The highest BCUT2D eigenvalue weighted by atomic mass is 32.2. The van der Waals surface area contributed by atoms with Gasteiger partial charge in [0, 0.05) is 17.5 Å². The standard InChI is InChI=1S/C14H23N3S/c1-3-15-14-9-16-12(8-17-14)10-18-13-6-4-5-11(2)7-13/h8-9,11,13H,3-7,10H2,1-2H3,(H,15,17). The molecule has 4 heteroatoms. The zero-order valence-corrected chi connectivity index (χ0v) is 12.2.